The number of ether oxygens (including phenoxy) is 1. The van der Waals surface area contributed by atoms with E-state index >= 15 is 0 Å². The number of esters is 1. The molecule has 32 heavy (non-hydrogen) atoms. The quantitative estimate of drug-likeness (QED) is 0.234. The van der Waals surface area contributed by atoms with Crippen LogP contribution >= 0.6 is 34.2 Å². The lowest BCUT2D eigenvalue weighted by atomic mass is 10.0. The summed E-state index contributed by atoms with van der Waals surface area (Å²) in [6, 6.07) is 18.4. The maximum atomic E-state index is 14.6. The smallest absolute Gasteiger partial charge is 0.337 e. The number of anilines is 1. The van der Waals surface area contributed by atoms with Crippen molar-refractivity contribution in [2.45, 2.75) is 0 Å². The molecule has 160 valence electrons. The van der Waals surface area contributed by atoms with Crippen LogP contribution in [0.3, 0.4) is 0 Å². The first kappa shape index (κ1) is 22.2. The number of methoxy groups -OCH3 is 1. The molecule has 0 radical (unpaired) electrons. The van der Waals surface area contributed by atoms with Crippen molar-refractivity contribution in [3.05, 3.63) is 92.3 Å². The van der Waals surface area contributed by atoms with Crippen molar-refractivity contribution in [3.8, 4) is 11.3 Å². The summed E-state index contributed by atoms with van der Waals surface area (Å²) in [5, 5.41) is 3.27. The predicted octanol–water partition coefficient (Wildman–Crippen LogP) is 6.34. The van der Waals surface area contributed by atoms with Gasteiger partial charge in [-0.15, -0.1) is 0 Å². The van der Waals surface area contributed by atoms with Crippen molar-refractivity contribution in [3.63, 3.8) is 0 Å². The van der Waals surface area contributed by atoms with E-state index in [4.69, 9.17) is 11.6 Å². The van der Waals surface area contributed by atoms with Crippen LogP contribution in [0.15, 0.2) is 66.7 Å². The van der Waals surface area contributed by atoms with Gasteiger partial charge in [-0.25, -0.2) is 14.2 Å². The van der Waals surface area contributed by atoms with Gasteiger partial charge in [0.2, 0.25) is 0 Å². The summed E-state index contributed by atoms with van der Waals surface area (Å²) >= 11 is 8.82. The van der Waals surface area contributed by atoms with E-state index in [9.17, 15) is 14.0 Å². The van der Waals surface area contributed by atoms with Gasteiger partial charge in [-0.3, -0.25) is 4.79 Å². The van der Waals surface area contributed by atoms with Crippen molar-refractivity contribution in [2.75, 3.05) is 12.4 Å². The van der Waals surface area contributed by atoms with Crippen molar-refractivity contribution >= 4 is 62.7 Å². The zero-order valence-corrected chi connectivity index (χ0v) is 19.6. The molecule has 0 unspecified atom stereocenters. The standard InChI is InChI=1S/C24H15ClFIN2O3/c1-32-24(31)14-7-9-19(17(26)11-14)29-23(30)20-16-12-15(27)8-10-18(16)28-22(21(20)25)13-5-3-2-4-6-13/h2-12H,1H3,(H,29,30). The van der Waals surface area contributed by atoms with Crippen molar-refractivity contribution in [1.29, 1.82) is 0 Å². The van der Waals surface area contributed by atoms with Crippen LogP contribution in [-0.4, -0.2) is 24.0 Å². The molecule has 5 nitrogen and oxygen atoms in total. The van der Waals surface area contributed by atoms with Crippen LogP contribution in [-0.2, 0) is 4.74 Å². The number of amides is 1. The Balaban J connectivity index is 1.82. The highest BCUT2D eigenvalue weighted by molar-refractivity contribution is 14.1. The lowest BCUT2D eigenvalue weighted by Crippen LogP contribution is -2.15. The normalized spacial score (nSPS) is 10.8. The molecule has 0 atom stereocenters. The Morgan fingerprint density at radius 3 is 2.50 bits per heavy atom. The zero-order chi connectivity index (χ0) is 22.8. The summed E-state index contributed by atoms with van der Waals surface area (Å²) in [6.07, 6.45) is 0. The molecule has 1 amide bonds. The second-order valence-corrected chi connectivity index (χ2v) is 8.44. The molecule has 0 aliphatic heterocycles. The van der Waals surface area contributed by atoms with Crippen LogP contribution in [0.2, 0.25) is 5.02 Å². The van der Waals surface area contributed by atoms with E-state index in [-0.39, 0.29) is 21.8 Å². The van der Waals surface area contributed by atoms with Crippen molar-refractivity contribution in [1.82, 2.24) is 4.98 Å². The number of halogens is 3. The monoisotopic (exact) mass is 560 g/mol. The molecule has 8 heteroatoms. The molecular weight excluding hydrogens is 546 g/mol. The summed E-state index contributed by atoms with van der Waals surface area (Å²) < 4.78 is 20.1. The molecule has 0 saturated heterocycles. The summed E-state index contributed by atoms with van der Waals surface area (Å²) in [5.74, 6) is -2.04. The number of fused-ring (bicyclic) bond motifs is 1. The lowest BCUT2D eigenvalue weighted by Gasteiger charge is -2.14. The van der Waals surface area contributed by atoms with Crippen LogP contribution in [0.4, 0.5) is 10.1 Å². The number of hydrogen-bond donors (Lipinski definition) is 1. The molecular formula is C24H15ClFIN2O3. The molecule has 1 aromatic heterocycles. The number of pyridine rings is 1. The number of carbonyl (C=O) groups excluding carboxylic acids is 2. The second kappa shape index (κ2) is 9.22. The number of rotatable bonds is 4. The van der Waals surface area contributed by atoms with Gasteiger partial charge in [0, 0.05) is 14.5 Å². The molecule has 0 fully saturated rings. The third kappa shape index (κ3) is 4.31. The topological polar surface area (TPSA) is 68.3 Å². The van der Waals surface area contributed by atoms with Crippen LogP contribution in [0.25, 0.3) is 22.2 Å². The zero-order valence-electron chi connectivity index (χ0n) is 16.7. The SMILES string of the molecule is COC(=O)c1ccc(NC(=O)c2c(Cl)c(-c3ccccc3)nc3ccc(I)cc23)c(F)c1. The highest BCUT2D eigenvalue weighted by atomic mass is 127. The van der Waals surface area contributed by atoms with E-state index in [2.05, 4.69) is 37.6 Å². The highest BCUT2D eigenvalue weighted by Gasteiger charge is 2.22. The number of benzene rings is 3. The van der Waals surface area contributed by atoms with Gasteiger partial charge in [-0.2, -0.15) is 0 Å². The van der Waals surface area contributed by atoms with Gasteiger partial charge >= 0.3 is 5.97 Å². The minimum Gasteiger partial charge on any atom is -0.465 e. The van der Waals surface area contributed by atoms with Gasteiger partial charge in [0.05, 0.1) is 40.2 Å². The third-order valence-electron chi connectivity index (χ3n) is 4.80. The molecule has 0 bridgehead atoms. The molecule has 4 rings (SSSR count). The van der Waals surface area contributed by atoms with Crippen LogP contribution < -0.4 is 5.32 Å². The summed E-state index contributed by atoms with van der Waals surface area (Å²) in [6.45, 7) is 0. The molecule has 0 aliphatic rings. The van der Waals surface area contributed by atoms with Gasteiger partial charge in [-0.05, 0) is 59.0 Å². The molecule has 4 aromatic rings. The highest BCUT2D eigenvalue weighted by Crippen LogP contribution is 2.35. The van der Waals surface area contributed by atoms with E-state index in [1.165, 1.54) is 19.2 Å². The Morgan fingerprint density at radius 1 is 1.06 bits per heavy atom. The van der Waals surface area contributed by atoms with Crippen LogP contribution in [0, 0.1) is 9.39 Å². The number of carbonyl (C=O) groups is 2. The largest absolute Gasteiger partial charge is 0.465 e. The fourth-order valence-corrected chi connectivity index (χ4v) is 4.10. The van der Waals surface area contributed by atoms with E-state index in [1.54, 1.807) is 6.07 Å². The summed E-state index contributed by atoms with van der Waals surface area (Å²) in [5.41, 5.74) is 1.92. The van der Waals surface area contributed by atoms with Gasteiger partial charge < -0.3 is 10.1 Å². The molecule has 3 aromatic carbocycles. The first-order valence-corrected chi connectivity index (χ1v) is 10.9. The molecule has 0 spiro atoms. The Hall–Kier alpha value is -3.04. The number of hydrogen-bond acceptors (Lipinski definition) is 4. The minimum atomic E-state index is -0.770. The Kier molecular flexibility index (Phi) is 6.38. The Bertz CT molecular complexity index is 1360. The molecule has 0 saturated carbocycles. The van der Waals surface area contributed by atoms with Crippen molar-refractivity contribution < 1.29 is 18.7 Å². The molecule has 0 aliphatic carbocycles. The average molecular weight is 561 g/mol. The lowest BCUT2D eigenvalue weighted by molar-refractivity contribution is 0.0600. The first-order valence-electron chi connectivity index (χ1n) is 9.42. The summed E-state index contributed by atoms with van der Waals surface area (Å²) in [7, 11) is 1.21. The Morgan fingerprint density at radius 2 is 1.81 bits per heavy atom. The minimum absolute atomic E-state index is 0.0382. The molecule has 1 heterocycles. The summed E-state index contributed by atoms with van der Waals surface area (Å²) in [4.78, 5) is 29.6. The van der Waals surface area contributed by atoms with Gasteiger partial charge in [-0.1, -0.05) is 41.9 Å². The third-order valence-corrected chi connectivity index (χ3v) is 5.84. The number of nitrogens with zero attached hydrogens (tertiary/aromatic N) is 1. The van der Waals surface area contributed by atoms with Gasteiger partial charge in [0.25, 0.3) is 5.91 Å². The van der Waals surface area contributed by atoms with Crippen LogP contribution in [0.5, 0.6) is 0 Å². The second-order valence-electron chi connectivity index (χ2n) is 6.82. The first-order chi connectivity index (χ1) is 15.4. The van der Waals surface area contributed by atoms with E-state index in [0.29, 0.717) is 16.6 Å². The fraction of sp³-hybridized carbons (Fsp3) is 0.0417. The van der Waals surface area contributed by atoms with Gasteiger partial charge in [0.1, 0.15) is 5.82 Å². The maximum Gasteiger partial charge on any atom is 0.337 e. The number of aromatic nitrogens is 1. The maximum absolute atomic E-state index is 14.6. The molecule has 1 N–H and O–H groups in total. The van der Waals surface area contributed by atoms with Crippen molar-refractivity contribution in [2.24, 2.45) is 0 Å². The van der Waals surface area contributed by atoms with E-state index in [0.717, 1.165) is 15.2 Å². The van der Waals surface area contributed by atoms with E-state index in [1.807, 2.05) is 42.5 Å². The fourth-order valence-electron chi connectivity index (χ4n) is 3.27. The Labute approximate surface area is 201 Å². The number of nitrogens with one attached hydrogen (secondary N) is 1. The average Bonchev–Trinajstić information content (AvgIpc) is 2.80. The predicted molar refractivity (Wildman–Crippen MR) is 131 cm³/mol. The van der Waals surface area contributed by atoms with Crippen LogP contribution in [0.1, 0.15) is 20.7 Å². The van der Waals surface area contributed by atoms with E-state index < -0.39 is 17.7 Å². The van der Waals surface area contributed by atoms with Gasteiger partial charge in [0.15, 0.2) is 0 Å².